The lowest BCUT2D eigenvalue weighted by molar-refractivity contribution is 1.47. The molecule has 4 aromatic heterocycles. The molecule has 0 atom stereocenters. The van der Waals surface area contributed by atoms with Crippen molar-refractivity contribution in [3.05, 3.63) is 106 Å². The van der Waals surface area contributed by atoms with Gasteiger partial charge in [-0.25, -0.2) is 0 Å². The van der Waals surface area contributed by atoms with E-state index in [0.717, 1.165) is 52.5 Å². The fraction of sp³-hybridized carbons (Fsp3) is 0. The Bertz CT molecular complexity index is 1990. The summed E-state index contributed by atoms with van der Waals surface area (Å²) in [7, 11) is 0. The Morgan fingerprint density at radius 1 is 0.476 bits per heavy atom. The van der Waals surface area contributed by atoms with Crippen LogP contribution in [0.15, 0.2) is 94.7 Å². The number of rotatable bonds is 6. The SMILES string of the molecule is N#CC(C#N)=Cc1ccc2c(-c3ccc(-c4cccs4)s3)c(C=C(C#N)C#N)ccc2c1-c1ccc(-c2cccs2)s1. The first kappa shape index (κ1) is 27.1. The molecule has 196 valence electrons. The van der Waals surface area contributed by atoms with Crippen molar-refractivity contribution in [3.63, 3.8) is 0 Å². The summed E-state index contributed by atoms with van der Waals surface area (Å²) in [5, 5.41) is 44.2. The molecule has 6 aromatic rings. The molecule has 0 fully saturated rings. The number of thiophene rings is 4. The van der Waals surface area contributed by atoms with Gasteiger partial charge in [0, 0.05) is 40.4 Å². The van der Waals surface area contributed by atoms with Crippen molar-refractivity contribution in [3.8, 4) is 64.7 Å². The Morgan fingerprint density at radius 2 is 0.881 bits per heavy atom. The molecule has 0 aliphatic rings. The molecule has 0 unspecified atom stereocenters. The average Bonchev–Trinajstić information content (AvgIpc) is 3.85. The molecule has 0 N–H and O–H groups in total. The van der Waals surface area contributed by atoms with E-state index in [0.29, 0.717) is 0 Å². The Morgan fingerprint density at radius 3 is 1.24 bits per heavy atom. The first-order chi connectivity index (χ1) is 20.6. The summed E-state index contributed by atoms with van der Waals surface area (Å²) in [6, 6.07) is 32.5. The first-order valence-electron chi connectivity index (χ1n) is 12.5. The smallest absolute Gasteiger partial charge is 0.130 e. The molecule has 0 radical (unpaired) electrons. The molecule has 0 saturated carbocycles. The summed E-state index contributed by atoms with van der Waals surface area (Å²) in [4.78, 5) is 6.65. The number of nitriles is 4. The van der Waals surface area contributed by atoms with Gasteiger partial charge in [0.25, 0.3) is 0 Å². The minimum atomic E-state index is 0.0249. The van der Waals surface area contributed by atoms with Gasteiger partial charge < -0.3 is 0 Å². The van der Waals surface area contributed by atoms with Gasteiger partial charge in [-0.2, -0.15) is 21.0 Å². The number of nitrogens with zero attached hydrogens (tertiary/aromatic N) is 4. The summed E-state index contributed by atoms with van der Waals surface area (Å²) in [6.45, 7) is 0. The Balaban J connectivity index is 1.66. The highest BCUT2D eigenvalue weighted by Crippen LogP contribution is 2.46. The quantitative estimate of drug-likeness (QED) is 0.176. The van der Waals surface area contributed by atoms with E-state index in [9.17, 15) is 21.0 Å². The van der Waals surface area contributed by atoms with Crippen LogP contribution in [0, 0.1) is 45.3 Å². The minimum Gasteiger partial charge on any atom is -0.192 e. The van der Waals surface area contributed by atoms with Crippen LogP contribution in [-0.2, 0) is 0 Å². The maximum Gasteiger partial charge on any atom is 0.130 e. The summed E-state index contributed by atoms with van der Waals surface area (Å²) >= 11 is 6.68. The van der Waals surface area contributed by atoms with Crippen LogP contribution >= 0.6 is 45.3 Å². The zero-order chi connectivity index (χ0) is 29.1. The Hall–Kier alpha value is -5.06. The third-order valence-electron chi connectivity index (χ3n) is 6.58. The normalized spacial score (nSPS) is 10.3. The van der Waals surface area contributed by atoms with Gasteiger partial charge >= 0.3 is 0 Å². The van der Waals surface area contributed by atoms with Crippen LogP contribution in [0.5, 0.6) is 0 Å². The molecule has 0 bridgehead atoms. The lowest BCUT2D eigenvalue weighted by Crippen LogP contribution is -1.91. The highest BCUT2D eigenvalue weighted by atomic mass is 32.1. The van der Waals surface area contributed by atoms with Crippen molar-refractivity contribution in [1.29, 1.82) is 21.0 Å². The number of hydrogen-bond acceptors (Lipinski definition) is 8. The third-order valence-corrected chi connectivity index (χ3v) is 10.9. The maximum atomic E-state index is 9.54. The van der Waals surface area contributed by atoms with Crippen molar-refractivity contribution in [1.82, 2.24) is 0 Å². The van der Waals surface area contributed by atoms with Gasteiger partial charge in [-0.05, 0) is 81.2 Å². The highest BCUT2D eigenvalue weighted by Gasteiger charge is 2.19. The molecule has 0 spiro atoms. The van der Waals surface area contributed by atoms with Crippen LogP contribution < -0.4 is 0 Å². The van der Waals surface area contributed by atoms with Crippen molar-refractivity contribution >= 4 is 68.3 Å². The molecule has 6 rings (SSSR count). The van der Waals surface area contributed by atoms with Crippen LogP contribution in [-0.4, -0.2) is 0 Å². The zero-order valence-corrected chi connectivity index (χ0v) is 24.9. The average molecular weight is 609 g/mol. The van der Waals surface area contributed by atoms with Crippen molar-refractivity contribution in [2.75, 3.05) is 0 Å². The standard InChI is InChI=1S/C34H16N4S4/c35-17-21(18-36)15-23-5-8-26-25(33(23)31-11-9-29(41-31)27-3-1-13-39-27)7-6-24(16-22(19-37)20-38)34(26)32-12-10-30(42-32)28-4-2-14-40-28/h1-16H. The van der Waals surface area contributed by atoms with Gasteiger partial charge in [0.05, 0.1) is 0 Å². The lowest BCUT2D eigenvalue weighted by Gasteiger charge is -2.15. The van der Waals surface area contributed by atoms with Crippen LogP contribution in [0.2, 0.25) is 0 Å². The number of benzene rings is 2. The second-order valence-corrected chi connectivity index (χ2v) is 13.1. The van der Waals surface area contributed by atoms with Crippen LogP contribution in [0.4, 0.5) is 0 Å². The fourth-order valence-corrected chi connectivity index (χ4v) is 8.61. The second kappa shape index (κ2) is 11.8. The molecule has 0 aliphatic carbocycles. The topological polar surface area (TPSA) is 95.2 Å². The van der Waals surface area contributed by atoms with Gasteiger partial charge in [-0.3, -0.25) is 0 Å². The monoisotopic (exact) mass is 608 g/mol. The van der Waals surface area contributed by atoms with Crippen molar-refractivity contribution in [2.45, 2.75) is 0 Å². The Labute approximate surface area is 258 Å². The third kappa shape index (κ3) is 5.09. The molecule has 42 heavy (non-hydrogen) atoms. The van der Waals surface area contributed by atoms with Gasteiger partial charge in [0.15, 0.2) is 0 Å². The molecule has 2 aromatic carbocycles. The van der Waals surface area contributed by atoms with E-state index < -0.39 is 0 Å². The second-order valence-electron chi connectivity index (χ2n) is 9.00. The summed E-state index contributed by atoms with van der Waals surface area (Å²) in [5.41, 5.74) is 3.45. The molecule has 0 aliphatic heterocycles. The van der Waals surface area contributed by atoms with Gasteiger partial charge in [-0.15, -0.1) is 45.3 Å². The largest absolute Gasteiger partial charge is 0.192 e. The lowest BCUT2D eigenvalue weighted by atomic mass is 9.90. The molecule has 4 heterocycles. The van der Waals surface area contributed by atoms with Gasteiger partial charge in [-0.1, -0.05) is 36.4 Å². The molecule has 4 nitrogen and oxygen atoms in total. The van der Waals surface area contributed by atoms with E-state index in [1.165, 1.54) is 9.75 Å². The van der Waals surface area contributed by atoms with Gasteiger partial charge in [0.1, 0.15) is 35.4 Å². The number of hydrogen-bond donors (Lipinski definition) is 0. The number of fused-ring (bicyclic) bond motifs is 1. The predicted octanol–water partition coefficient (Wildman–Crippen LogP) is 10.6. The molecule has 8 heteroatoms. The number of allylic oxidation sites excluding steroid dienone is 2. The van der Waals surface area contributed by atoms with E-state index >= 15 is 0 Å². The van der Waals surface area contributed by atoms with E-state index in [4.69, 9.17) is 0 Å². The van der Waals surface area contributed by atoms with Crippen molar-refractivity contribution in [2.24, 2.45) is 0 Å². The molecular weight excluding hydrogens is 593 g/mol. The summed E-state index contributed by atoms with van der Waals surface area (Å²) in [5.74, 6) is 0. The predicted molar refractivity (Wildman–Crippen MR) is 176 cm³/mol. The molecule has 0 amide bonds. The van der Waals surface area contributed by atoms with E-state index in [2.05, 4.69) is 47.2 Å². The summed E-state index contributed by atoms with van der Waals surface area (Å²) < 4.78 is 0. The maximum absolute atomic E-state index is 9.54. The zero-order valence-electron chi connectivity index (χ0n) is 21.7. The van der Waals surface area contributed by atoms with Crippen molar-refractivity contribution < 1.29 is 0 Å². The van der Waals surface area contributed by atoms with Crippen LogP contribution in [0.3, 0.4) is 0 Å². The van der Waals surface area contributed by atoms with E-state index in [1.807, 2.05) is 60.7 Å². The first-order valence-corrected chi connectivity index (χ1v) is 15.9. The Kier molecular flexibility index (Phi) is 7.63. The minimum absolute atomic E-state index is 0.0249. The van der Waals surface area contributed by atoms with E-state index in [1.54, 1.807) is 57.5 Å². The van der Waals surface area contributed by atoms with Gasteiger partial charge in [0.2, 0.25) is 0 Å². The van der Waals surface area contributed by atoms with E-state index in [-0.39, 0.29) is 11.1 Å². The van der Waals surface area contributed by atoms with Crippen LogP contribution in [0.1, 0.15) is 11.1 Å². The molecular formula is C34H16N4S4. The highest BCUT2D eigenvalue weighted by molar-refractivity contribution is 7.24. The van der Waals surface area contributed by atoms with Crippen LogP contribution in [0.25, 0.3) is 63.3 Å². The fourth-order valence-electron chi connectivity index (χ4n) is 4.77. The molecule has 0 saturated heterocycles. The summed E-state index contributed by atoms with van der Waals surface area (Å²) in [6.07, 6.45) is 3.27.